The van der Waals surface area contributed by atoms with Crippen LogP contribution in [-0.2, 0) is 6.18 Å². The molecule has 4 nitrogen and oxygen atoms in total. The second-order valence-corrected chi connectivity index (χ2v) is 3.70. The molecule has 0 aromatic carbocycles. The fraction of sp³-hybridized carbons (Fsp3) is 0.167. The van der Waals surface area contributed by atoms with Gasteiger partial charge in [-0.15, -0.1) is 0 Å². The molecule has 0 saturated carbocycles. The predicted molar refractivity (Wildman–Crippen MR) is 48.5 cm³/mol. The highest BCUT2D eigenvalue weighted by Crippen LogP contribution is 2.27. The zero-order valence-electron chi connectivity index (χ0n) is 6.76. The number of alkyl halides is 3. The Bertz CT molecular complexity index is 523. The van der Waals surface area contributed by atoms with Crippen molar-refractivity contribution in [1.82, 2.24) is 19.4 Å². The largest absolute Gasteiger partial charge is 0.451 e. The summed E-state index contributed by atoms with van der Waals surface area (Å²) in [4.78, 5) is 10.0. The molecule has 0 N–H and O–H groups in total. The van der Waals surface area contributed by atoms with Crippen LogP contribution in [0.25, 0.3) is 5.78 Å². The van der Waals surface area contributed by atoms with E-state index in [0.717, 1.165) is 4.40 Å². The van der Waals surface area contributed by atoms with Gasteiger partial charge < -0.3 is 0 Å². The number of hydrogen-bond donors (Lipinski definition) is 0. The van der Waals surface area contributed by atoms with E-state index in [9.17, 15) is 13.2 Å². The molecule has 0 aliphatic carbocycles. The monoisotopic (exact) mass is 300 g/mol. The van der Waals surface area contributed by atoms with E-state index in [1.165, 1.54) is 6.20 Å². The number of imidazole rings is 1. The van der Waals surface area contributed by atoms with Crippen LogP contribution in [0.3, 0.4) is 0 Å². The molecule has 0 fully saturated rings. The van der Waals surface area contributed by atoms with Crippen LogP contribution in [0.15, 0.2) is 10.8 Å². The zero-order valence-corrected chi connectivity index (χ0v) is 9.10. The molecule has 0 saturated heterocycles. The van der Waals surface area contributed by atoms with Crippen LogP contribution in [0, 0.1) is 0 Å². The van der Waals surface area contributed by atoms with Crippen LogP contribution in [0.2, 0.25) is 5.28 Å². The molecule has 0 unspecified atom stereocenters. The van der Waals surface area contributed by atoms with E-state index in [4.69, 9.17) is 11.6 Å². The molecule has 2 aromatic heterocycles. The highest BCUT2D eigenvalue weighted by Gasteiger charge is 2.35. The van der Waals surface area contributed by atoms with E-state index in [2.05, 4.69) is 30.9 Å². The number of hydrogen-bond acceptors (Lipinski definition) is 3. The molecule has 0 atom stereocenters. The van der Waals surface area contributed by atoms with Gasteiger partial charge in [0.05, 0.1) is 0 Å². The van der Waals surface area contributed by atoms with Crippen LogP contribution >= 0.6 is 27.5 Å². The fourth-order valence-corrected chi connectivity index (χ4v) is 1.51. The van der Waals surface area contributed by atoms with Crippen molar-refractivity contribution in [3.05, 3.63) is 21.9 Å². The zero-order chi connectivity index (χ0) is 11.2. The molecule has 0 amide bonds. The first-order valence-electron chi connectivity index (χ1n) is 3.53. The lowest BCUT2D eigenvalue weighted by molar-refractivity contribution is -0.144. The lowest BCUT2D eigenvalue weighted by Crippen LogP contribution is -2.13. The third-order valence-electron chi connectivity index (χ3n) is 1.51. The van der Waals surface area contributed by atoms with Gasteiger partial charge in [-0.05, 0) is 27.5 Å². The van der Waals surface area contributed by atoms with Crippen LogP contribution in [0.4, 0.5) is 13.2 Å². The van der Waals surface area contributed by atoms with Crippen molar-refractivity contribution >= 4 is 33.3 Å². The van der Waals surface area contributed by atoms with Gasteiger partial charge >= 0.3 is 6.18 Å². The minimum Gasteiger partial charge on any atom is -0.257 e. The predicted octanol–water partition coefficient (Wildman–Crippen LogP) is 2.56. The second kappa shape index (κ2) is 3.31. The minimum atomic E-state index is -4.64. The summed E-state index contributed by atoms with van der Waals surface area (Å²) >= 11 is 8.53. The van der Waals surface area contributed by atoms with E-state index in [1.807, 2.05) is 0 Å². The highest BCUT2D eigenvalue weighted by atomic mass is 79.9. The maximum absolute atomic E-state index is 12.3. The standard InChI is InChI=1S/C6HBrClF3N4/c7-2-1-15-4(8)13-3(6(9,10)11)14-5(15)12-2/h1H. The summed E-state index contributed by atoms with van der Waals surface area (Å²) in [5, 5.41) is -0.342. The summed E-state index contributed by atoms with van der Waals surface area (Å²) in [7, 11) is 0. The summed E-state index contributed by atoms with van der Waals surface area (Å²) in [6.45, 7) is 0. The van der Waals surface area contributed by atoms with Crippen LogP contribution in [0.1, 0.15) is 5.82 Å². The van der Waals surface area contributed by atoms with E-state index in [-0.39, 0.29) is 11.1 Å². The number of halogens is 5. The topological polar surface area (TPSA) is 43.1 Å². The molecule has 0 aliphatic heterocycles. The fourth-order valence-electron chi connectivity index (χ4n) is 0.945. The van der Waals surface area contributed by atoms with Gasteiger partial charge in [0, 0.05) is 6.20 Å². The number of nitrogens with zero attached hydrogens (tertiary/aromatic N) is 4. The molecule has 0 spiro atoms. The summed E-state index contributed by atoms with van der Waals surface area (Å²) in [5.41, 5.74) is 0. The average Bonchev–Trinajstić information content (AvgIpc) is 2.44. The van der Waals surface area contributed by atoms with Crippen molar-refractivity contribution in [1.29, 1.82) is 0 Å². The summed E-state index contributed by atoms with van der Waals surface area (Å²) in [6, 6.07) is 0. The first-order chi connectivity index (χ1) is 6.88. The van der Waals surface area contributed by atoms with Gasteiger partial charge in [0.15, 0.2) is 0 Å². The Kier molecular flexibility index (Phi) is 2.34. The third kappa shape index (κ3) is 1.91. The van der Waals surface area contributed by atoms with E-state index in [0.29, 0.717) is 4.60 Å². The molecule has 2 aromatic rings. The Morgan fingerprint density at radius 1 is 1.27 bits per heavy atom. The van der Waals surface area contributed by atoms with Crippen LogP contribution in [-0.4, -0.2) is 19.4 Å². The van der Waals surface area contributed by atoms with Gasteiger partial charge in [-0.1, -0.05) is 0 Å². The highest BCUT2D eigenvalue weighted by molar-refractivity contribution is 9.10. The minimum absolute atomic E-state index is 0.158. The molecule has 2 heterocycles. The van der Waals surface area contributed by atoms with Crippen molar-refractivity contribution in [3.8, 4) is 0 Å². The molecule has 0 aliphatic rings. The quantitative estimate of drug-likeness (QED) is 0.751. The number of rotatable bonds is 0. The van der Waals surface area contributed by atoms with Gasteiger partial charge in [0.25, 0.3) is 0 Å². The Labute approximate surface area is 94.2 Å². The Morgan fingerprint density at radius 2 is 1.93 bits per heavy atom. The molecule has 0 bridgehead atoms. The molecule has 2 rings (SSSR count). The van der Waals surface area contributed by atoms with Crippen molar-refractivity contribution in [2.75, 3.05) is 0 Å². The lowest BCUT2D eigenvalue weighted by atomic mass is 10.6. The Balaban J connectivity index is 2.72. The van der Waals surface area contributed by atoms with E-state index in [1.54, 1.807) is 0 Å². The lowest BCUT2D eigenvalue weighted by Gasteiger charge is -2.04. The van der Waals surface area contributed by atoms with Crippen molar-refractivity contribution in [2.45, 2.75) is 6.18 Å². The van der Waals surface area contributed by atoms with Crippen molar-refractivity contribution in [2.24, 2.45) is 0 Å². The second-order valence-electron chi connectivity index (χ2n) is 2.55. The van der Waals surface area contributed by atoms with Gasteiger partial charge in [-0.25, -0.2) is 4.98 Å². The van der Waals surface area contributed by atoms with Gasteiger partial charge in [0.1, 0.15) is 4.60 Å². The molecule has 9 heteroatoms. The van der Waals surface area contributed by atoms with Crippen LogP contribution < -0.4 is 0 Å². The van der Waals surface area contributed by atoms with Crippen LogP contribution in [0.5, 0.6) is 0 Å². The maximum atomic E-state index is 12.3. The summed E-state index contributed by atoms with van der Waals surface area (Å²) in [5.74, 6) is -1.47. The summed E-state index contributed by atoms with van der Waals surface area (Å²) in [6.07, 6.45) is -3.26. The number of fused-ring (bicyclic) bond motifs is 1. The van der Waals surface area contributed by atoms with Crippen molar-refractivity contribution < 1.29 is 13.2 Å². The normalized spacial score (nSPS) is 12.3. The van der Waals surface area contributed by atoms with Gasteiger partial charge in [-0.3, -0.25) is 4.40 Å². The molecule has 15 heavy (non-hydrogen) atoms. The van der Waals surface area contributed by atoms with Crippen molar-refractivity contribution in [3.63, 3.8) is 0 Å². The summed E-state index contributed by atoms with van der Waals surface area (Å²) < 4.78 is 38.3. The smallest absolute Gasteiger partial charge is 0.257 e. The van der Waals surface area contributed by atoms with E-state index < -0.39 is 12.0 Å². The average molecular weight is 301 g/mol. The Morgan fingerprint density at radius 3 is 2.53 bits per heavy atom. The van der Waals surface area contributed by atoms with Gasteiger partial charge in [-0.2, -0.15) is 23.1 Å². The first-order valence-corrected chi connectivity index (χ1v) is 4.70. The third-order valence-corrected chi connectivity index (χ3v) is 2.16. The van der Waals surface area contributed by atoms with E-state index >= 15 is 0 Å². The molecule has 0 radical (unpaired) electrons. The number of aromatic nitrogens is 4. The Hall–Kier alpha value is -0.890. The SMILES string of the molecule is FC(F)(F)c1nc(Cl)n2cc(Br)nc2n1. The van der Waals surface area contributed by atoms with Gasteiger partial charge in [0.2, 0.25) is 16.9 Å². The molecular weight excluding hydrogens is 300 g/mol. The molecular formula is C6HBrClF3N4. The maximum Gasteiger partial charge on any atom is 0.451 e. The first kappa shape index (κ1) is 10.6. The molecule has 80 valence electrons.